The summed E-state index contributed by atoms with van der Waals surface area (Å²) < 4.78 is 33.3. The summed E-state index contributed by atoms with van der Waals surface area (Å²) >= 11 is 1.79. The second-order valence-corrected chi connectivity index (χ2v) is 11.7. The van der Waals surface area contributed by atoms with Crippen LogP contribution in [0.3, 0.4) is 0 Å². The van der Waals surface area contributed by atoms with Gasteiger partial charge in [0.1, 0.15) is 6.61 Å². The Morgan fingerprint density at radius 1 is 1.18 bits per heavy atom. The largest absolute Gasteiger partial charge is 0.367 e. The first-order valence-corrected chi connectivity index (χ1v) is 12.3. The van der Waals surface area contributed by atoms with Crippen LogP contribution in [-0.2, 0) is 19.6 Å². The van der Waals surface area contributed by atoms with E-state index in [1.165, 1.54) is 0 Å². The Balaban J connectivity index is 1.31. The van der Waals surface area contributed by atoms with Crippen LogP contribution in [0.4, 0.5) is 0 Å². The van der Waals surface area contributed by atoms with E-state index in [1.54, 1.807) is 28.2 Å². The van der Waals surface area contributed by atoms with Gasteiger partial charge in [0.25, 0.3) is 0 Å². The number of carbonyl (C=O) groups is 1. The van der Waals surface area contributed by atoms with Crippen molar-refractivity contribution < 1.29 is 17.9 Å². The zero-order valence-corrected chi connectivity index (χ0v) is 18.2. The van der Waals surface area contributed by atoms with Crippen LogP contribution in [0.2, 0.25) is 0 Å². The predicted molar refractivity (Wildman–Crippen MR) is 110 cm³/mol. The number of thioether (sulfide) groups is 1. The molecule has 3 saturated heterocycles. The second kappa shape index (κ2) is 7.63. The van der Waals surface area contributed by atoms with E-state index in [1.807, 2.05) is 24.8 Å². The van der Waals surface area contributed by atoms with E-state index in [-0.39, 0.29) is 23.4 Å². The first kappa shape index (κ1) is 20.2. The van der Waals surface area contributed by atoms with Crippen LogP contribution in [0, 0.1) is 13.8 Å². The first-order chi connectivity index (χ1) is 13.3. The molecule has 4 rings (SSSR count). The molecule has 3 aliphatic rings. The maximum atomic E-state index is 12.9. The van der Waals surface area contributed by atoms with E-state index >= 15 is 0 Å². The monoisotopic (exact) mass is 424 g/mol. The van der Waals surface area contributed by atoms with Gasteiger partial charge in [0.05, 0.1) is 11.0 Å². The van der Waals surface area contributed by atoms with Crippen molar-refractivity contribution in [3.8, 4) is 0 Å². The molecule has 1 aromatic carbocycles. The molecule has 0 aromatic heterocycles. The lowest BCUT2D eigenvalue weighted by Gasteiger charge is -2.46. The van der Waals surface area contributed by atoms with Crippen molar-refractivity contribution in [3.63, 3.8) is 0 Å². The molecule has 154 valence electrons. The van der Waals surface area contributed by atoms with Crippen LogP contribution in [0.25, 0.3) is 0 Å². The van der Waals surface area contributed by atoms with Crippen LogP contribution in [0.5, 0.6) is 0 Å². The van der Waals surface area contributed by atoms with E-state index < -0.39 is 10.0 Å². The number of rotatable bonds is 5. The molecule has 3 heterocycles. The van der Waals surface area contributed by atoms with E-state index in [0.29, 0.717) is 18.0 Å². The third-order valence-corrected chi connectivity index (χ3v) is 9.18. The number of carbonyl (C=O) groups excluding carboxylic acids is 1. The molecule has 0 radical (unpaired) electrons. The Hall–Kier alpha value is -1.09. The summed E-state index contributed by atoms with van der Waals surface area (Å²) in [7, 11) is -3.45. The molecule has 1 spiro atoms. The standard InChI is InChI=1S/C20H28N2O4S2/c1-15-7-16(2)9-18(8-15)28(24,25)22-13-20(14-22)10-17(12-27-20)26-11-19(23)21-5-3-4-6-21/h7-9,17H,3-6,10-14H2,1-2H3. The maximum Gasteiger partial charge on any atom is 0.248 e. The Bertz CT molecular complexity index is 839. The van der Waals surface area contributed by atoms with Gasteiger partial charge >= 0.3 is 0 Å². The molecule has 1 atom stereocenters. The second-order valence-electron chi connectivity index (χ2n) is 8.32. The van der Waals surface area contributed by atoms with Gasteiger partial charge in [0, 0.05) is 36.7 Å². The lowest BCUT2D eigenvalue weighted by molar-refractivity contribution is -0.136. The lowest BCUT2D eigenvalue weighted by atomic mass is 9.95. The van der Waals surface area contributed by atoms with Crippen molar-refractivity contribution in [1.29, 1.82) is 0 Å². The number of nitrogens with zero attached hydrogens (tertiary/aromatic N) is 2. The molecule has 28 heavy (non-hydrogen) atoms. The summed E-state index contributed by atoms with van der Waals surface area (Å²) in [6.07, 6.45) is 3.00. The molecule has 1 unspecified atom stereocenters. The van der Waals surface area contributed by atoms with Crippen molar-refractivity contribution in [3.05, 3.63) is 29.3 Å². The number of benzene rings is 1. The number of aryl methyl sites for hydroxylation is 2. The molecular weight excluding hydrogens is 396 g/mol. The van der Waals surface area contributed by atoms with Crippen LogP contribution in [0.1, 0.15) is 30.4 Å². The minimum atomic E-state index is -3.45. The molecule has 1 aromatic rings. The van der Waals surface area contributed by atoms with E-state index in [9.17, 15) is 13.2 Å². The predicted octanol–water partition coefficient (Wildman–Crippen LogP) is 2.19. The fourth-order valence-corrected chi connectivity index (χ4v) is 7.89. The Kier molecular flexibility index (Phi) is 5.50. The number of amides is 1. The highest BCUT2D eigenvalue weighted by molar-refractivity contribution is 8.01. The molecule has 6 nitrogen and oxygen atoms in total. The number of hydrogen-bond donors (Lipinski definition) is 0. The van der Waals surface area contributed by atoms with Crippen molar-refractivity contribution in [2.75, 3.05) is 38.5 Å². The maximum absolute atomic E-state index is 12.9. The van der Waals surface area contributed by atoms with Gasteiger partial charge in [-0.05, 0) is 56.4 Å². The van der Waals surface area contributed by atoms with Crippen molar-refractivity contribution in [2.45, 2.75) is 48.9 Å². The summed E-state index contributed by atoms with van der Waals surface area (Å²) in [5.41, 5.74) is 1.92. The van der Waals surface area contributed by atoms with Gasteiger partial charge in [-0.1, -0.05) is 6.07 Å². The van der Waals surface area contributed by atoms with Crippen LogP contribution < -0.4 is 0 Å². The number of hydrogen-bond acceptors (Lipinski definition) is 5. The Labute approximate surface area is 171 Å². The summed E-state index contributed by atoms with van der Waals surface area (Å²) in [5.74, 6) is 0.904. The Morgan fingerprint density at radius 3 is 2.46 bits per heavy atom. The number of sulfonamides is 1. The minimum Gasteiger partial charge on any atom is -0.367 e. The van der Waals surface area contributed by atoms with E-state index in [0.717, 1.165) is 49.2 Å². The quantitative estimate of drug-likeness (QED) is 0.725. The highest BCUT2D eigenvalue weighted by Crippen LogP contribution is 2.47. The fourth-order valence-electron chi connectivity index (χ4n) is 4.37. The zero-order valence-electron chi connectivity index (χ0n) is 16.5. The van der Waals surface area contributed by atoms with Gasteiger partial charge in [-0.3, -0.25) is 4.79 Å². The molecule has 0 N–H and O–H groups in total. The van der Waals surface area contributed by atoms with Gasteiger partial charge in [-0.25, -0.2) is 8.42 Å². The summed E-state index contributed by atoms with van der Waals surface area (Å²) in [6, 6.07) is 5.46. The topological polar surface area (TPSA) is 66.9 Å². The smallest absolute Gasteiger partial charge is 0.248 e. The van der Waals surface area contributed by atoms with Crippen molar-refractivity contribution >= 4 is 27.7 Å². The summed E-state index contributed by atoms with van der Waals surface area (Å²) in [6.45, 7) is 6.71. The molecule has 0 bridgehead atoms. The van der Waals surface area contributed by atoms with Crippen LogP contribution in [0.15, 0.2) is 23.1 Å². The lowest BCUT2D eigenvalue weighted by Crippen LogP contribution is -2.60. The van der Waals surface area contributed by atoms with Crippen molar-refractivity contribution in [1.82, 2.24) is 9.21 Å². The van der Waals surface area contributed by atoms with Gasteiger partial charge in [-0.2, -0.15) is 4.31 Å². The van der Waals surface area contributed by atoms with Gasteiger partial charge in [-0.15, -0.1) is 11.8 Å². The third-order valence-electron chi connectivity index (χ3n) is 5.84. The third kappa shape index (κ3) is 3.97. The molecule has 3 fully saturated rings. The Morgan fingerprint density at radius 2 is 1.82 bits per heavy atom. The van der Waals surface area contributed by atoms with Gasteiger partial charge in [0.15, 0.2) is 0 Å². The van der Waals surface area contributed by atoms with Crippen LogP contribution >= 0.6 is 11.8 Å². The van der Waals surface area contributed by atoms with Crippen molar-refractivity contribution in [2.24, 2.45) is 0 Å². The van der Waals surface area contributed by atoms with Crippen LogP contribution in [-0.4, -0.2) is 72.9 Å². The highest BCUT2D eigenvalue weighted by atomic mass is 32.2. The first-order valence-electron chi connectivity index (χ1n) is 9.89. The van der Waals surface area contributed by atoms with E-state index in [2.05, 4.69) is 0 Å². The number of likely N-dealkylation sites (tertiary alicyclic amines) is 1. The summed E-state index contributed by atoms with van der Waals surface area (Å²) in [4.78, 5) is 14.4. The molecular formula is C20H28N2O4S2. The molecule has 0 saturated carbocycles. The fraction of sp³-hybridized carbons (Fsp3) is 0.650. The van der Waals surface area contributed by atoms with Gasteiger partial charge < -0.3 is 9.64 Å². The highest BCUT2D eigenvalue weighted by Gasteiger charge is 2.53. The minimum absolute atomic E-state index is 0.0302. The summed E-state index contributed by atoms with van der Waals surface area (Å²) in [5, 5.41) is 0. The average Bonchev–Trinajstić information content (AvgIpc) is 3.27. The SMILES string of the molecule is Cc1cc(C)cc(S(=O)(=O)N2CC3(CC(OCC(=O)N4CCCC4)CS3)C2)c1. The molecule has 8 heteroatoms. The zero-order chi connectivity index (χ0) is 19.9. The van der Waals surface area contributed by atoms with Gasteiger partial charge in [0.2, 0.25) is 15.9 Å². The normalized spacial score (nSPS) is 24.6. The molecule has 0 aliphatic carbocycles. The molecule has 3 aliphatic heterocycles. The molecule has 1 amide bonds. The average molecular weight is 425 g/mol. The van der Waals surface area contributed by atoms with E-state index in [4.69, 9.17) is 4.74 Å². The number of ether oxygens (including phenoxy) is 1.